The summed E-state index contributed by atoms with van der Waals surface area (Å²) in [7, 11) is -3.78. The molecule has 0 bridgehead atoms. The molecule has 0 atom stereocenters. The van der Waals surface area contributed by atoms with Gasteiger partial charge in [-0.25, -0.2) is 13.4 Å². The minimum Gasteiger partial charge on any atom is -0.323 e. The molecule has 0 spiro atoms. The molecule has 0 saturated heterocycles. The maximum atomic E-state index is 12.4. The molecule has 2 N–H and O–H groups in total. The number of carbonyl (C=O) groups excluding carboxylic acids is 1. The Morgan fingerprint density at radius 1 is 1.00 bits per heavy atom. The molecule has 6 nitrogen and oxygen atoms in total. The zero-order valence-corrected chi connectivity index (χ0v) is 17.2. The Balaban J connectivity index is 1.65. The molecule has 148 valence electrons. The fourth-order valence-corrected chi connectivity index (χ4v) is 3.80. The first kappa shape index (κ1) is 20.9. The van der Waals surface area contributed by atoms with E-state index in [1.54, 1.807) is 42.5 Å². The summed E-state index contributed by atoms with van der Waals surface area (Å²) in [5.41, 5.74) is 1.09. The zero-order chi connectivity index (χ0) is 20.9. The molecule has 0 aliphatic carbocycles. The van der Waals surface area contributed by atoms with Gasteiger partial charge in [-0.2, -0.15) is 0 Å². The average molecular weight is 448 g/mol. The Hall–Kier alpha value is -2.87. The van der Waals surface area contributed by atoms with Crippen LogP contribution in [0.2, 0.25) is 10.0 Å². The van der Waals surface area contributed by atoms with E-state index in [1.807, 2.05) is 0 Å². The summed E-state index contributed by atoms with van der Waals surface area (Å²) in [6.45, 7) is 0. The van der Waals surface area contributed by atoms with Crippen LogP contribution in [0.25, 0.3) is 6.08 Å². The number of rotatable bonds is 6. The van der Waals surface area contributed by atoms with Gasteiger partial charge < -0.3 is 5.32 Å². The van der Waals surface area contributed by atoms with E-state index in [4.69, 9.17) is 23.2 Å². The van der Waals surface area contributed by atoms with Crippen LogP contribution in [0.5, 0.6) is 0 Å². The maximum Gasteiger partial charge on any atom is 0.263 e. The number of pyridine rings is 1. The number of carbonyl (C=O) groups is 1. The number of hydrogen-bond acceptors (Lipinski definition) is 4. The monoisotopic (exact) mass is 447 g/mol. The van der Waals surface area contributed by atoms with Crippen LogP contribution in [0, 0.1) is 0 Å². The molecular weight excluding hydrogens is 433 g/mol. The number of sulfonamides is 1. The van der Waals surface area contributed by atoms with E-state index in [0.717, 1.165) is 0 Å². The number of nitrogens with one attached hydrogen (secondary N) is 2. The summed E-state index contributed by atoms with van der Waals surface area (Å²) in [5.74, 6) is -0.172. The molecule has 1 amide bonds. The van der Waals surface area contributed by atoms with Crippen molar-refractivity contribution in [2.75, 3.05) is 10.0 Å². The molecule has 0 aliphatic rings. The summed E-state index contributed by atoms with van der Waals surface area (Å²) in [6.07, 6.45) is 4.37. The van der Waals surface area contributed by atoms with Crippen molar-refractivity contribution in [1.82, 2.24) is 4.98 Å². The number of halogens is 2. The van der Waals surface area contributed by atoms with E-state index in [2.05, 4.69) is 15.0 Å². The smallest absolute Gasteiger partial charge is 0.263 e. The van der Waals surface area contributed by atoms with Crippen LogP contribution >= 0.6 is 23.2 Å². The second kappa shape index (κ2) is 9.09. The number of hydrogen-bond donors (Lipinski definition) is 2. The van der Waals surface area contributed by atoms with Crippen molar-refractivity contribution < 1.29 is 13.2 Å². The fraction of sp³-hybridized carbons (Fsp3) is 0. The van der Waals surface area contributed by atoms with E-state index < -0.39 is 15.9 Å². The van der Waals surface area contributed by atoms with Gasteiger partial charge in [0.05, 0.1) is 4.90 Å². The van der Waals surface area contributed by atoms with Crippen molar-refractivity contribution in [1.29, 1.82) is 0 Å². The van der Waals surface area contributed by atoms with E-state index in [1.165, 1.54) is 36.5 Å². The van der Waals surface area contributed by atoms with Gasteiger partial charge in [0.1, 0.15) is 5.82 Å². The van der Waals surface area contributed by atoms with Crippen LogP contribution in [-0.2, 0) is 14.8 Å². The SMILES string of the molecule is O=C(/C=C/c1ccc(Cl)cc1Cl)Nc1ccc(S(=O)(=O)Nc2ccccn2)cc1. The van der Waals surface area contributed by atoms with Crippen LogP contribution in [0.15, 0.2) is 77.8 Å². The minimum absolute atomic E-state index is 0.0460. The number of nitrogens with zero attached hydrogens (tertiary/aromatic N) is 1. The Morgan fingerprint density at radius 3 is 2.41 bits per heavy atom. The predicted octanol–water partition coefficient (Wildman–Crippen LogP) is 4.84. The van der Waals surface area contributed by atoms with Crippen molar-refractivity contribution in [2.24, 2.45) is 0 Å². The highest BCUT2D eigenvalue weighted by Gasteiger charge is 2.14. The van der Waals surface area contributed by atoms with E-state index in [0.29, 0.717) is 21.3 Å². The molecule has 3 aromatic rings. The van der Waals surface area contributed by atoms with Gasteiger partial charge >= 0.3 is 0 Å². The molecule has 2 aromatic carbocycles. The van der Waals surface area contributed by atoms with Gasteiger partial charge in [-0.1, -0.05) is 35.3 Å². The highest BCUT2D eigenvalue weighted by atomic mass is 35.5. The zero-order valence-electron chi connectivity index (χ0n) is 14.8. The Bertz CT molecular complexity index is 1150. The normalized spacial score (nSPS) is 11.4. The standard InChI is InChI=1S/C20H15Cl2N3O3S/c21-15-6-4-14(18(22)13-15)5-11-20(26)24-16-7-9-17(10-8-16)29(27,28)25-19-3-1-2-12-23-19/h1-13H,(H,23,25)(H,24,26)/b11-5+. The first-order valence-electron chi connectivity index (χ1n) is 8.31. The van der Waals surface area contributed by atoms with Crippen LogP contribution in [0.3, 0.4) is 0 Å². The highest BCUT2D eigenvalue weighted by Crippen LogP contribution is 2.22. The number of amides is 1. The fourth-order valence-electron chi connectivity index (χ4n) is 2.32. The number of aromatic nitrogens is 1. The minimum atomic E-state index is -3.78. The lowest BCUT2D eigenvalue weighted by Gasteiger charge is -2.08. The van der Waals surface area contributed by atoms with Crippen LogP contribution in [0.4, 0.5) is 11.5 Å². The van der Waals surface area contributed by atoms with Gasteiger partial charge in [-0.05, 0) is 60.2 Å². The third kappa shape index (κ3) is 5.80. The lowest BCUT2D eigenvalue weighted by atomic mass is 10.2. The van der Waals surface area contributed by atoms with Crippen LogP contribution in [-0.4, -0.2) is 19.3 Å². The molecule has 0 fully saturated rings. The van der Waals surface area contributed by atoms with Crippen molar-refractivity contribution in [2.45, 2.75) is 4.90 Å². The van der Waals surface area contributed by atoms with Gasteiger partial charge in [0.15, 0.2) is 0 Å². The first-order chi connectivity index (χ1) is 13.8. The Kier molecular flexibility index (Phi) is 6.53. The second-order valence-electron chi connectivity index (χ2n) is 5.83. The van der Waals surface area contributed by atoms with Crippen molar-refractivity contribution in [3.63, 3.8) is 0 Å². The van der Waals surface area contributed by atoms with Gasteiger partial charge in [-0.3, -0.25) is 9.52 Å². The van der Waals surface area contributed by atoms with Gasteiger partial charge in [0.25, 0.3) is 10.0 Å². The molecule has 3 rings (SSSR count). The molecule has 9 heteroatoms. The third-order valence-corrected chi connectivity index (χ3v) is 5.65. The summed E-state index contributed by atoms with van der Waals surface area (Å²) < 4.78 is 27.1. The van der Waals surface area contributed by atoms with Crippen molar-refractivity contribution in [3.05, 3.63) is 88.5 Å². The largest absolute Gasteiger partial charge is 0.323 e. The predicted molar refractivity (Wildman–Crippen MR) is 116 cm³/mol. The lowest BCUT2D eigenvalue weighted by Crippen LogP contribution is -2.14. The van der Waals surface area contributed by atoms with Crippen LogP contribution in [0.1, 0.15) is 5.56 Å². The molecule has 0 saturated carbocycles. The van der Waals surface area contributed by atoms with Crippen molar-refractivity contribution >= 4 is 56.7 Å². The lowest BCUT2D eigenvalue weighted by molar-refractivity contribution is -0.111. The summed E-state index contributed by atoms with van der Waals surface area (Å²) in [4.78, 5) is 16.1. The van der Waals surface area contributed by atoms with E-state index in [9.17, 15) is 13.2 Å². The molecule has 1 heterocycles. The summed E-state index contributed by atoms with van der Waals surface area (Å²) in [5, 5.41) is 3.58. The van der Waals surface area contributed by atoms with Gasteiger partial charge in [-0.15, -0.1) is 0 Å². The molecule has 0 radical (unpaired) electrons. The summed E-state index contributed by atoms with van der Waals surface area (Å²) >= 11 is 11.9. The van der Waals surface area contributed by atoms with Crippen molar-refractivity contribution in [3.8, 4) is 0 Å². The van der Waals surface area contributed by atoms with Gasteiger partial charge in [0.2, 0.25) is 5.91 Å². The number of anilines is 2. The van der Waals surface area contributed by atoms with Gasteiger partial charge in [0, 0.05) is 28.0 Å². The highest BCUT2D eigenvalue weighted by molar-refractivity contribution is 7.92. The molecule has 1 aromatic heterocycles. The topological polar surface area (TPSA) is 88.2 Å². The number of benzene rings is 2. The third-order valence-electron chi connectivity index (χ3n) is 3.71. The van der Waals surface area contributed by atoms with E-state index >= 15 is 0 Å². The Morgan fingerprint density at radius 2 is 1.76 bits per heavy atom. The average Bonchev–Trinajstić information content (AvgIpc) is 2.68. The maximum absolute atomic E-state index is 12.4. The molecule has 29 heavy (non-hydrogen) atoms. The van der Waals surface area contributed by atoms with Crippen LogP contribution < -0.4 is 10.0 Å². The molecule has 0 aliphatic heterocycles. The second-order valence-corrected chi connectivity index (χ2v) is 8.36. The Labute approximate surface area is 178 Å². The quantitative estimate of drug-likeness (QED) is 0.529. The molecular formula is C20H15Cl2N3O3S. The summed E-state index contributed by atoms with van der Waals surface area (Å²) in [6, 6.07) is 15.6. The molecule has 0 unspecified atom stereocenters. The van der Waals surface area contributed by atoms with E-state index in [-0.39, 0.29) is 10.7 Å². The first-order valence-corrected chi connectivity index (χ1v) is 10.6.